The summed E-state index contributed by atoms with van der Waals surface area (Å²) in [7, 11) is 0. The van der Waals surface area contributed by atoms with Crippen molar-refractivity contribution in [1.82, 2.24) is 15.1 Å². The van der Waals surface area contributed by atoms with Crippen LogP contribution in [0.25, 0.3) is 11.3 Å². The highest BCUT2D eigenvalue weighted by Crippen LogP contribution is 2.36. The number of hydrogen-bond donors (Lipinski definition) is 3. The molecule has 0 bridgehead atoms. The number of carbonyl (C=O) groups excluding carboxylic acids is 2. The maximum absolute atomic E-state index is 14.9. The first-order valence-electron chi connectivity index (χ1n) is 10.8. The van der Waals surface area contributed by atoms with Crippen molar-refractivity contribution in [2.24, 2.45) is 5.73 Å². The Morgan fingerprint density at radius 2 is 1.79 bits per heavy atom. The fourth-order valence-corrected chi connectivity index (χ4v) is 4.32. The number of nitrogens with zero attached hydrogens (tertiary/aromatic N) is 2. The molecule has 1 aliphatic carbocycles. The summed E-state index contributed by atoms with van der Waals surface area (Å²) in [5.74, 6) is -2.91. The lowest BCUT2D eigenvalue weighted by molar-refractivity contribution is 0.0948. The summed E-state index contributed by atoms with van der Waals surface area (Å²) in [6.07, 6.45) is 3.73. The number of aromatic nitrogens is 2. The van der Waals surface area contributed by atoms with Crippen molar-refractivity contribution in [2.75, 3.05) is 5.73 Å². The van der Waals surface area contributed by atoms with Gasteiger partial charge in [0.25, 0.3) is 11.8 Å². The van der Waals surface area contributed by atoms with Crippen LogP contribution in [0.5, 0.6) is 0 Å². The standard InChI is InChI=1S/C24H25F2N5O2/c1-13-6-2-5-9-16(13)24(33)29-12-17-18(25)10-14(11-19(17)26)21-20(23(28)32)22(27)31(30-21)15-7-3-4-8-15/h2,5-6,9-11,15H,3-4,7-8,12,27H2,1H3,(H2,28,32)(H,29,33). The van der Waals surface area contributed by atoms with Crippen LogP contribution >= 0.6 is 0 Å². The first-order chi connectivity index (χ1) is 15.8. The molecule has 0 aliphatic heterocycles. The van der Waals surface area contributed by atoms with E-state index in [9.17, 15) is 18.4 Å². The molecule has 33 heavy (non-hydrogen) atoms. The number of aryl methyl sites for hydroxylation is 1. The quantitative estimate of drug-likeness (QED) is 0.525. The predicted molar refractivity (Wildman–Crippen MR) is 120 cm³/mol. The fraction of sp³-hybridized carbons (Fsp3) is 0.292. The number of nitrogens with two attached hydrogens (primary N) is 2. The molecule has 1 heterocycles. The van der Waals surface area contributed by atoms with Gasteiger partial charge in [0, 0.05) is 23.2 Å². The Morgan fingerprint density at radius 1 is 1.15 bits per heavy atom. The Hall–Kier alpha value is -3.75. The van der Waals surface area contributed by atoms with Gasteiger partial charge in [0.2, 0.25) is 0 Å². The molecule has 172 valence electrons. The molecule has 7 nitrogen and oxygen atoms in total. The lowest BCUT2D eigenvalue weighted by Crippen LogP contribution is -2.24. The maximum atomic E-state index is 14.9. The zero-order valence-corrected chi connectivity index (χ0v) is 18.2. The van der Waals surface area contributed by atoms with Gasteiger partial charge in [-0.3, -0.25) is 9.59 Å². The summed E-state index contributed by atoms with van der Waals surface area (Å²) in [6, 6.07) is 9.09. The molecule has 1 aromatic heterocycles. The van der Waals surface area contributed by atoms with Crippen LogP contribution in [0.15, 0.2) is 36.4 Å². The molecule has 0 saturated heterocycles. The topological polar surface area (TPSA) is 116 Å². The molecule has 0 unspecified atom stereocenters. The number of benzene rings is 2. The molecule has 2 amide bonds. The summed E-state index contributed by atoms with van der Waals surface area (Å²) in [6.45, 7) is 1.43. The average Bonchev–Trinajstić information content (AvgIpc) is 3.40. The van der Waals surface area contributed by atoms with Crippen molar-refractivity contribution in [3.63, 3.8) is 0 Å². The van der Waals surface area contributed by atoms with Gasteiger partial charge in [-0.1, -0.05) is 31.0 Å². The van der Waals surface area contributed by atoms with E-state index in [0.29, 0.717) is 5.56 Å². The Kier molecular flexibility index (Phi) is 6.13. The van der Waals surface area contributed by atoms with Crippen LogP contribution in [0.3, 0.4) is 0 Å². The molecule has 5 N–H and O–H groups in total. The zero-order valence-electron chi connectivity index (χ0n) is 18.2. The van der Waals surface area contributed by atoms with Gasteiger partial charge in [-0.2, -0.15) is 5.10 Å². The van der Waals surface area contributed by atoms with Gasteiger partial charge in [0.1, 0.15) is 28.7 Å². The Labute approximate surface area is 189 Å². The molecule has 0 atom stereocenters. The molecule has 1 aliphatic rings. The van der Waals surface area contributed by atoms with Crippen LogP contribution in [0.4, 0.5) is 14.6 Å². The lowest BCUT2D eigenvalue weighted by atomic mass is 10.0. The highest BCUT2D eigenvalue weighted by Gasteiger charge is 2.28. The van der Waals surface area contributed by atoms with Crippen molar-refractivity contribution in [3.8, 4) is 11.3 Å². The van der Waals surface area contributed by atoms with Crippen LogP contribution in [0, 0.1) is 18.6 Å². The van der Waals surface area contributed by atoms with E-state index >= 15 is 0 Å². The number of halogens is 2. The SMILES string of the molecule is Cc1ccccc1C(=O)NCc1c(F)cc(-c2nn(C3CCCC3)c(N)c2C(N)=O)cc1F. The van der Waals surface area contributed by atoms with Gasteiger partial charge in [-0.05, 0) is 43.5 Å². The zero-order chi connectivity index (χ0) is 23.7. The summed E-state index contributed by atoms with van der Waals surface area (Å²) in [5, 5.41) is 6.95. The number of nitrogens with one attached hydrogen (secondary N) is 1. The second-order valence-corrected chi connectivity index (χ2v) is 8.27. The molecule has 0 radical (unpaired) electrons. The minimum absolute atomic E-state index is 0.0162. The molecule has 1 fully saturated rings. The van der Waals surface area contributed by atoms with E-state index in [1.807, 2.05) is 0 Å². The average molecular weight is 453 g/mol. The number of rotatable bonds is 6. The van der Waals surface area contributed by atoms with Gasteiger partial charge in [-0.25, -0.2) is 13.5 Å². The van der Waals surface area contributed by atoms with Crippen molar-refractivity contribution < 1.29 is 18.4 Å². The van der Waals surface area contributed by atoms with Gasteiger partial charge in [0.15, 0.2) is 0 Å². The first kappa shape index (κ1) is 22.4. The second-order valence-electron chi connectivity index (χ2n) is 8.27. The summed E-state index contributed by atoms with van der Waals surface area (Å²) in [5.41, 5.74) is 12.6. The number of carbonyl (C=O) groups is 2. The second kappa shape index (κ2) is 9.01. The minimum Gasteiger partial charge on any atom is -0.383 e. The lowest BCUT2D eigenvalue weighted by Gasteiger charge is -2.11. The van der Waals surface area contributed by atoms with Crippen LogP contribution in [0.1, 0.15) is 63.6 Å². The van der Waals surface area contributed by atoms with Gasteiger partial charge in [0.05, 0.1) is 6.04 Å². The maximum Gasteiger partial charge on any atom is 0.254 e. The van der Waals surface area contributed by atoms with E-state index in [2.05, 4.69) is 10.4 Å². The number of anilines is 1. The molecule has 0 spiro atoms. The minimum atomic E-state index is -0.875. The number of hydrogen-bond acceptors (Lipinski definition) is 4. The fourth-order valence-electron chi connectivity index (χ4n) is 4.32. The Morgan fingerprint density at radius 3 is 2.39 bits per heavy atom. The Balaban J connectivity index is 1.63. The molecule has 3 aromatic rings. The monoisotopic (exact) mass is 453 g/mol. The summed E-state index contributed by atoms with van der Waals surface area (Å²) in [4.78, 5) is 24.5. The first-order valence-corrected chi connectivity index (χ1v) is 10.8. The molecule has 2 aromatic carbocycles. The smallest absolute Gasteiger partial charge is 0.254 e. The summed E-state index contributed by atoms with van der Waals surface area (Å²) < 4.78 is 31.3. The molecular formula is C24H25F2N5O2. The van der Waals surface area contributed by atoms with E-state index < -0.39 is 23.4 Å². The molecular weight excluding hydrogens is 428 g/mol. The van der Waals surface area contributed by atoms with Gasteiger partial charge < -0.3 is 16.8 Å². The van der Waals surface area contributed by atoms with Gasteiger partial charge >= 0.3 is 0 Å². The normalized spacial score (nSPS) is 13.9. The predicted octanol–water partition coefficient (Wildman–Crippen LogP) is 3.86. The van der Waals surface area contributed by atoms with Crippen molar-refractivity contribution in [3.05, 3.63) is 70.3 Å². The highest BCUT2D eigenvalue weighted by molar-refractivity contribution is 6.03. The van der Waals surface area contributed by atoms with E-state index in [-0.39, 0.29) is 40.8 Å². The number of primary amides is 1. The third-order valence-electron chi connectivity index (χ3n) is 6.09. The summed E-state index contributed by atoms with van der Waals surface area (Å²) >= 11 is 0. The third-order valence-corrected chi connectivity index (χ3v) is 6.09. The van der Waals surface area contributed by atoms with Crippen molar-refractivity contribution in [1.29, 1.82) is 0 Å². The number of nitrogen functional groups attached to an aromatic ring is 1. The molecule has 4 rings (SSSR count). The van der Waals surface area contributed by atoms with Crippen LogP contribution in [-0.4, -0.2) is 21.6 Å². The van der Waals surface area contributed by atoms with Crippen LogP contribution in [-0.2, 0) is 6.54 Å². The van der Waals surface area contributed by atoms with Crippen molar-refractivity contribution >= 4 is 17.6 Å². The largest absolute Gasteiger partial charge is 0.383 e. The van der Waals surface area contributed by atoms with E-state index in [1.165, 1.54) is 4.68 Å². The van der Waals surface area contributed by atoms with E-state index in [4.69, 9.17) is 11.5 Å². The van der Waals surface area contributed by atoms with Crippen molar-refractivity contribution in [2.45, 2.75) is 45.2 Å². The highest BCUT2D eigenvalue weighted by atomic mass is 19.1. The van der Waals surface area contributed by atoms with Gasteiger partial charge in [-0.15, -0.1) is 0 Å². The van der Waals surface area contributed by atoms with E-state index in [1.54, 1.807) is 31.2 Å². The van der Waals surface area contributed by atoms with Crippen LogP contribution in [0.2, 0.25) is 0 Å². The van der Waals surface area contributed by atoms with E-state index in [0.717, 1.165) is 43.4 Å². The third kappa shape index (κ3) is 4.30. The van der Waals surface area contributed by atoms with Crippen LogP contribution < -0.4 is 16.8 Å². The molecule has 9 heteroatoms. The Bertz CT molecular complexity index is 1210. The number of amides is 2. The molecule has 1 saturated carbocycles.